The van der Waals surface area contributed by atoms with Crippen LogP contribution >= 0.6 is 15.9 Å². The SMILES string of the molecule is CC1(O)CCN(C(=O)c2cccc(F)c2Br)CC1. The summed E-state index contributed by atoms with van der Waals surface area (Å²) in [5, 5.41) is 9.84. The van der Waals surface area contributed by atoms with E-state index < -0.39 is 11.4 Å². The number of benzene rings is 1. The number of nitrogens with zero attached hydrogens (tertiary/aromatic N) is 1. The van der Waals surface area contributed by atoms with Crippen LogP contribution in [0.2, 0.25) is 0 Å². The Kier molecular flexibility index (Phi) is 3.73. The van der Waals surface area contributed by atoms with Crippen molar-refractivity contribution in [3.63, 3.8) is 0 Å². The Labute approximate surface area is 114 Å². The molecule has 2 rings (SSSR count). The number of likely N-dealkylation sites (tertiary alicyclic amines) is 1. The van der Waals surface area contributed by atoms with Crippen LogP contribution in [0.25, 0.3) is 0 Å². The molecule has 98 valence electrons. The number of rotatable bonds is 1. The molecule has 1 saturated heterocycles. The van der Waals surface area contributed by atoms with E-state index in [1.165, 1.54) is 12.1 Å². The van der Waals surface area contributed by atoms with E-state index in [0.717, 1.165) is 0 Å². The molecule has 18 heavy (non-hydrogen) atoms. The summed E-state index contributed by atoms with van der Waals surface area (Å²) in [4.78, 5) is 13.9. The number of carbonyl (C=O) groups is 1. The number of hydrogen-bond donors (Lipinski definition) is 1. The van der Waals surface area contributed by atoms with Crippen LogP contribution in [0.5, 0.6) is 0 Å². The van der Waals surface area contributed by atoms with Gasteiger partial charge in [-0.3, -0.25) is 4.79 Å². The number of piperidine rings is 1. The van der Waals surface area contributed by atoms with Crippen molar-refractivity contribution in [3.05, 3.63) is 34.1 Å². The zero-order valence-electron chi connectivity index (χ0n) is 10.1. The Morgan fingerprint density at radius 1 is 1.44 bits per heavy atom. The highest BCUT2D eigenvalue weighted by molar-refractivity contribution is 9.10. The minimum atomic E-state index is -0.698. The largest absolute Gasteiger partial charge is 0.390 e. The quantitative estimate of drug-likeness (QED) is 0.865. The normalized spacial score (nSPS) is 18.8. The van der Waals surface area contributed by atoms with Crippen molar-refractivity contribution in [1.29, 1.82) is 0 Å². The van der Waals surface area contributed by atoms with Crippen molar-refractivity contribution in [3.8, 4) is 0 Å². The van der Waals surface area contributed by atoms with Gasteiger partial charge in [0, 0.05) is 13.1 Å². The summed E-state index contributed by atoms with van der Waals surface area (Å²) in [6.07, 6.45) is 1.09. The van der Waals surface area contributed by atoms with Crippen molar-refractivity contribution >= 4 is 21.8 Å². The fourth-order valence-corrected chi connectivity index (χ4v) is 2.46. The maximum absolute atomic E-state index is 13.4. The predicted octanol–water partition coefficient (Wildman–Crippen LogP) is 2.58. The molecule has 1 fully saturated rings. The van der Waals surface area contributed by atoms with Gasteiger partial charge in [-0.2, -0.15) is 0 Å². The molecule has 1 aliphatic heterocycles. The van der Waals surface area contributed by atoms with Gasteiger partial charge in [0.15, 0.2) is 0 Å². The highest BCUT2D eigenvalue weighted by Gasteiger charge is 2.30. The molecule has 0 bridgehead atoms. The maximum Gasteiger partial charge on any atom is 0.255 e. The third kappa shape index (κ3) is 2.72. The van der Waals surface area contributed by atoms with Gasteiger partial charge in [-0.15, -0.1) is 0 Å². The van der Waals surface area contributed by atoms with Crippen molar-refractivity contribution < 1.29 is 14.3 Å². The van der Waals surface area contributed by atoms with Crippen LogP contribution in [-0.2, 0) is 0 Å². The Morgan fingerprint density at radius 2 is 2.06 bits per heavy atom. The lowest BCUT2D eigenvalue weighted by Crippen LogP contribution is -2.45. The van der Waals surface area contributed by atoms with Gasteiger partial charge in [0.1, 0.15) is 5.82 Å². The Bertz CT molecular complexity index is 466. The van der Waals surface area contributed by atoms with Gasteiger partial charge in [0.25, 0.3) is 5.91 Å². The topological polar surface area (TPSA) is 40.5 Å². The molecule has 1 aromatic carbocycles. The van der Waals surface area contributed by atoms with E-state index in [2.05, 4.69) is 15.9 Å². The Balaban J connectivity index is 2.15. The molecule has 0 saturated carbocycles. The number of hydrogen-bond acceptors (Lipinski definition) is 2. The molecule has 5 heteroatoms. The lowest BCUT2D eigenvalue weighted by molar-refractivity contribution is -0.00206. The van der Waals surface area contributed by atoms with E-state index in [-0.39, 0.29) is 10.4 Å². The number of aliphatic hydroxyl groups is 1. The van der Waals surface area contributed by atoms with E-state index in [1.807, 2.05) is 0 Å². The first kappa shape index (κ1) is 13.5. The maximum atomic E-state index is 13.4. The minimum Gasteiger partial charge on any atom is -0.390 e. The van der Waals surface area contributed by atoms with Crippen LogP contribution in [0.15, 0.2) is 22.7 Å². The van der Waals surface area contributed by atoms with Crippen molar-refractivity contribution in [2.75, 3.05) is 13.1 Å². The zero-order valence-corrected chi connectivity index (χ0v) is 11.7. The standard InChI is InChI=1S/C13H15BrFNO2/c1-13(18)5-7-16(8-6-13)12(17)9-3-2-4-10(15)11(9)14/h2-4,18H,5-8H2,1H3. The fourth-order valence-electron chi connectivity index (χ4n) is 2.03. The Hall–Kier alpha value is -0.940. The molecule has 0 atom stereocenters. The molecular weight excluding hydrogens is 301 g/mol. The molecule has 3 nitrogen and oxygen atoms in total. The van der Waals surface area contributed by atoms with Crippen molar-refractivity contribution in [1.82, 2.24) is 4.90 Å². The first-order chi connectivity index (χ1) is 8.41. The Morgan fingerprint density at radius 3 is 2.67 bits per heavy atom. The molecule has 0 aromatic heterocycles. The number of carbonyl (C=O) groups excluding carboxylic acids is 1. The highest BCUT2D eigenvalue weighted by atomic mass is 79.9. The van der Waals surface area contributed by atoms with Gasteiger partial charge in [0.2, 0.25) is 0 Å². The molecule has 0 aliphatic carbocycles. The van der Waals surface area contributed by atoms with Gasteiger partial charge >= 0.3 is 0 Å². The van der Waals surface area contributed by atoms with Crippen LogP contribution in [0.1, 0.15) is 30.1 Å². The highest BCUT2D eigenvalue weighted by Crippen LogP contribution is 2.26. The predicted molar refractivity (Wildman–Crippen MR) is 69.9 cm³/mol. The molecule has 1 aromatic rings. The summed E-state index contributed by atoms with van der Waals surface area (Å²) in [6.45, 7) is 2.76. The second-order valence-corrected chi connectivity index (χ2v) is 5.68. The van der Waals surface area contributed by atoms with Gasteiger partial charge in [-0.1, -0.05) is 6.07 Å². The van der Waals surface area contributed by atoms with Crippen molar-refractivity contribution in [2.45, 2.75) is 25.4 Å². The minimum absolute atomic E-state index is 0.197. The number of amides is 1. The van der Waals surface area contributed by atoms with Crippen LogP contribution in [0.4, 0.5) is 4.39 Å². The van der Waals surface area contributed by atoms with E-state index in [1.54, 1.807) is 17.9 Å². The van der Waals surface area contributed by atoms with Gasteiger partial charge in [0.05, 0.1) is 15.6 Å². The lowest BCUT2D eigenvalue weighted by Gasteiger charge is -2.35. The molecular formula is C13H15BrFNO2. The first-order valence-electron chi connectivity index (χ1n) is 5.86. The summed E-state index contributed by atoms with van der Waals surface area (Å²) >= 11 is 3.10. The average Bonchev–Trinajstić information content (AvgIpc) is 2.32. The third-order valence-electron chi connectivity index (χ3n) is 3.31. The summed E-state index contributed by atoms with van der Waals surface area (Å²) in [6, 6.07) is 4.43. The van der Waals surface area contributed by atoms with Gasteiger partial charge < -0.3 is 10.0 Å². The zero-order chi connectivity index (χ0) is 13.3. The molecule has 1 aliphatic rings. The van der Waals surface area contributed by atoms with Gasteiger partial charge in [-0.25, -0.2) is 4.39 Å². The third-order valence-corrected chi connectivity index (χ3v) is 4.12. The van der Waals surface area contributed by atoms with Crippen molar-refractivity contribution in [2.24, 2.45) is 0 Å². The summed E-state index contributed by atoms with van der Waals surface area (Å²) in [7, 11) is 0. The average molecular weight is 316 g/mol. The molecule has 1 N–H and O–H groups in total. The van der Waals surface area contributed by atoms with Crippen LogP contribution < -0.4 is 0 Å². The molecule has 0 unspecified atom stereocenters. The van der Waals surface area contributed by atoms with E-state index >= 15 is 0 Å². The number of halogens is 2. The molecule has 0 spiro atoms. The van der Waals surface area contributed by atoms with E-state index in [0.29, 0.717) is 31.5 Å². The fraction of sp³-hybridized carbons (Fsp3) is 0.462. The summed E-state index contributed by atoms with van der Waals surface area (Å²) in [5.74, 6) is -0.637. The first-order valence-corrected chi connectivity index (χ1v) is 6.66. The smallest absolute Gasteiger partial charge is 0.255 e. The van der Waals surface area contributed by atoms with Gasteiger partial charge in [-0.05, 0) is 47.8 Å². The second-order valence-electron chi connectivity index (χ2n) is 4.89. The molecule has 0 radical (unpaired) electrons. The summed E-state index contributed by atoms with van der Waals surface area (Å²) < 4.78 is 13.6. The van der Waals surface area contributed by atoms with E-state index in [9.17, 15) is 14.3 Å². The van der Waals surface area contributed by atoms with E-state index in [4.69, 9.17) is 0 Å². The molecule has 1 amide bonds. The summed E-state index contributed by atoms with van der Waals surface area (Å²) in [5.41, 5.74) is -0.368. The monoisotopic (exact) mass is 315 g/mol. The molecule has 1 heterocycles. The lowest BCUT2D eigenvalue weighted by atomic mass is 9.93. The van der Waals surface area contributed by atoms with Crippen LogP contribution in [0, 0.1) is 5.82 Å². The second kappa shape index (κ2) is 4.97. The van der Waals surface area contributed by atoms with Crippen LogP contribution in [0.3, 0.4) is 0 Å². The van der Waals surface area contributed by atoms with Crippen LogP contribution in [-0.4, -0.2) is 34.6 Å².